The van der Waals surface area contributed by atoms with Gasteiger partial charge in [0.2, 0.25) is 0 Å². The third-order valence-electron chi connectivity index (χ3n) is 2.95. The summed E-state index contributed by atoms with van der Waals surface area (Å²) >= 11 is 5.45. The number of hydrogen-bond donors (Lipinski definition) is 1. The Kier molecular flexibility index (Phi) is 3.44. The van der Waals surface area contributed by atoms with E-state index >= 15 is 0 Å². The van der Waals surface area contributed by atoms with E-state index in [9.17, 15) is 0 Å². The number of anilines is 1. The maximum atomic E-state index is 5.45. The van der Waals surface area contributed by atoms with Crippen molar-refractivity contribution >= 4 is 23.0 Å². The maximum Gasteiger partial charge on any atom is 0.173 e. The number of thiocarbonyl (C=S) groups is 1. The van der Waals surface area contributed by atoms with Crippen molar-refractivity contribution < 1.29 is 0 Å². The maximum absolute atomic E-state index is 5.45. The molecule has 16 heavy (non-hydrogen) atoms. The number of hydrogen-bond acceptors (Lipinski definition) is 1. The molecule has 3 heteroatoms. The molecule has 1 heterocycles. The van der Waals surface area contributed by atoms with E-state index in [2.05, 4.69) is 48.3 Å². The molecule has 1 aliphatic rings. The molecule has 0 bridgehead atoms. The minimum atomic E-state index is 0.467. The predicted octanol–water partition coefficient (Wildman–Crippen LogP) is 2.72. The summed E-state index contributed by atoms with van der Waals surface area (Å²) in [5, 5.41) is 4.16. The van der Waals surface area contributed by atoms with Crippen LogP contribution in [0.15, 0.2) is 24.3 Å². The normalized spacial score (nSPS) is 18.4. The highest BCUT2D eigenvalue weighted by Crippen LogP contribution is 2.31. The minimum Gasteiger partial charge on any atom is -0.362 e. The Balaban J connectivity index is 2.18. The second-order valence-electron chi connectivity index (χ2n) is 4.28. The summed E-state index contributed by atoms with van der Waals surface area (Å²) in [4.78, 5) is 2.24. The zero-order chi connectivity index (χ0) is 11.5. The lowest BCUT2D eigenvalue weighted by molar-refractivity contribution is 0.749. The van der Waals surface area contributed by atoms with Gasteiger partial charge in [0.1, 0.15) is 0 Å². The van der Waals surface area contributed by atoms with Gasteiger partial charge in [-0.05, 0) is 43.6 Å². The molecule has 1 aliphatic heterocycles. The highest BCUT2D eigenvalue weighted by atomic mass is 32.1. The summed E-state index contributed by atoms with van der Waals surface area (Å²) in [5.41, 5.74) is 2.67. The minimum absolute atomic E-state index is 0.467. The number of para-hydroxylation sites is 1. The fraction of sp³-hybridized carbons (Fsp3) is 0.462. The van der Waals surface area contributed by atoms with E-state index in [4.69, 9.17) is 12.2 Å². The number of nitrogens with zero attached hydrogens (tertiary/aromatic N) is 1. The molecule has 86 valence electrons. The van der Waals surface area contributed by atoms with Crippen molar-refractivity contribution in [2.75, 3.05) is 11.4 Å². The van der Waals surface area contributed by atoms with Gasteiger partial charge in [0.15, 0.2) is 5.11 Å². The highest BCUT2D eigenvalue weighted by Gasteiger charge is 2.27. The van der Waals surface area contributed by atoms with Crippen molar-refractivity contribution in [3.63, 3.8) is 0 Å². The number of nitrogens with one attached hydrogen (secondary N) is 1. The molecule has 0 radical (unpaired) electrons. The Labute approximate surface area is 103 Å². The quantitative estimate of drug-likeness (QED) is 0.792. The van der Waals surface area contributed by atoms with Crippen molar-refractivity contribution in [1.82, 2.24) is 5.32 Å². The first-order chi connectivity index (χ1) is 7.74. The van der Waals surface area contributed by atoms with Crippen LogP contribution in [0.25, 0.3) is 0 Å². The Hall–Kier alpha value is -1.09. The topological polar surface area (TPSA) is 15.3 Å². The first-order valence-electron chi connectivity index (χ1n) is 5.89. The van der Waals surface area contributed by atoms with Crippen LogP contribution in [0, 0.1) is 0 Å². The summed E-state index contributed by atoms with van der Waals surface area (Å²) in [5.74, 6) is 0. The first kappa shape index (κ1) is 11.4. The van der Waals surface area contributed by atoms with Crippen molar-refractivity contribution in [2.24, 2.45) is 0 Å². The lowest BCUT2D eigenvalue weighted by Gasteiger charge is -2.25. The molecular formula is C13H18N2S. The molecular weight excluding hydrogens is 216 g/mol. The van der Waals surface area contributed by atoms with Crippen LogP contribution >= 0.6 is 12.2 Å². The monoisotopic (exact) mass is 234 g/mol. The fourth-order valence-electron chi connectivity index (χ4n) is 2.19. The number of benzene rings is 1. The van der Waals surface area contributed by atoms with Gasteiger partial charge < -0.3 is 10.2 Å². The third-order valence-corrected chi connectivity index (χ3v) is 3.29. The Morgan fingerprint density at radius 2 is 2.25 bits per heavy atom. The second-order valence-corrected chi connectivity index (χ2v) is 4.67. The molecule has 2 nitrogen and oxygen atoms in total. The fourth-order valence-corrected chi connectivity index (χ4v) is 2.57. The Bertz CT molecular complexity index is 389. The van der Waals surface area contributed by atoms with Gasteiger partial charge in [-0.2, -0.15) is 0 Å². The summed E-state index contributed by atoms with van der Waals surface area (Å²) in [7, 11) is 0. The second kappa shape index (κ2) is 4.83. The zero-order valence-corrected chi connectivity index (χ0v) is 10.7. The largest absolute Gasteiger partial charge is 0.362 e. The van der Waals surface area contributed by atoms with Crippen LogP contribution in [0.3, 0.4) is 0 Å². The van der Waals surface area contributed by atoms with Gasteiger partial charge in [0.25, 0.3) is 0 Å². The van der Waals surface area contributed by atoms with Gasteiger partial charge in [-0.1, -0.05) is 25.1 Å². The van der Waals surface area contributed by atoms with Gasteiger partial charge in [0, 0.05) is 18.3 Å². The van der Waals surface area contributed by atoms with E-state index in [-0.39, 0.29) is 0 Å². The van der Waals surface area contributed by atoms with Crippen molar-refractivity contribution in [1.29, 1.82) is 0 Å². The summed E-state index contributed by atoms with van der Waals surface area (Å²) in [6, 6.07) is 8.98. The lowest BCUT2D eigenvalue weighted by Crippen LogP contribution is -2.43. The smallest absolute Gasteiger partial charge is 0.173 e. The van der Waals surface area contributed by atoms with E-state index in [1.807, 2.05) is 0 Å². The van der Waals surface area contributed by atoms with Crippen LogP contribution in [0.1, 0.15) is 25.8 Å². The van der Waals surface area contributed by atoms with Gasteiger partial charge in [-0.25, -0.2) is 0 Å². The summed E-state index contributed by atoms with van der Waals surface area (Å²) < 4.78 is 0. The molecule has 0 fully saturated rings. The van der Waals surface area contributed by atoms with Crippen molar-refractivity contribution in [2.45, 2.75) is 32.7 Å². The van der Waals surface area contributed by atoms with E-state index in [0.717, 1.165) is 24.5 Å². The van der Waals surface area contributed by atoms with Crippen molar-refractivity contribution in [3.05, 3.63) is 29.8 Å². The van der Waals surface area contributed by atoms with Crippen LogP contribution < -0.4 is 10.2 Å². The molecule has 0 unspecified atom stereocenters. The molecule has 0 saturated carbocycles. The SMILES string of the molecule is CCCNC(=S)N1c2ccccc2C[C@@H]1C. The molecule has 1 aromatic carbocycles. The molecule has 0 aliphatic carbocycles. The predicted molar refractivity (Wildman–Crippen MR) is 73.0 cm³/mol. The average Bonchev–Trinajstić information content (AvgIpc) is 2.62. The average molecular weight is 234 g/mol. The van der Waals surface area contributed by atoms with Gasteiger partial charge in [-0.15, -0.1) is 0 Å². The number of fused-ring (bicyclic) bond motifs is 1. The molecule has 1 atom stereocenters. The molecule has 1 aromatic rings. The Morgan fingerprint density at radius 1 is 1.50 bits per heavy atom. The van der Waals surface area contributed by atoms with Crippen molar-refractivity contribution in [3.8, 4) is 0 Å². The zero-order valence-electron chi connectivity index (χ0n) is 9.86. The first-order valence-corrected chi connectivity index (χ1v) is 6.29. The van der Waals surface area contributed by atoms with E-state index in [0.29, 0.717) is 6.04 Å². The van der Waals surface area contributed by atoms with Crippen LogP contribution in [-0.4, -0.2) is 17.7 Å². The van der Waals surface area contributed by atoms with Crippen LogP contribution in [0.2, 0.25) is 0 Å². The third kappa shape index (κ3) is 2.05. The highest BCUT2D eigenvalue weighted by molar-refractivity contribution is 7.80. The van der Waals surface area contributed by atoms with E-state index < -0.39 is 0 Å². The summed E-state index contributed by atoms with van der Waals surface area (Å²) in [6.07, 6.45) is 2.19. The van der Waals surface area contributed by atoms with E-state index in [1.165, 1.54) is 11.3 Å². The molecule has 2 rings (SSSR count). The van der Waals surface area contributed by atoms with Gasteiger partial charge in [-0.3, -0.25) is 0 Å². The molecule has 0 amide bonds. The van der Waals surface area contributed by atoms with Crippen LogP contribution in [-0.2, 0) is 6.42 Å². The van der Waals surface area contributed by atoms with Gasteiger partial charge >= 0.3 is 0 Å². The lowest BCUT2D eigenvalue weighted by atomic mass is 10.1. The molecule has 0 aromatic heterocycles. The number of rotatable bonds is 2. The Morgan fingerprint density at radius 3 is 3.00 bits per heavy atom. The van der Waals surface area contributed by atoms with Crippen LogP contribution in [0.5, 0.6) is 0 Å². The van der Waals surface area contributed by atoms with E-state index in [1.54, 1.807) is 0 Å². The molecule has 0 saturated heterocycles. The molecule has 1 N–H and O–H groups in total. The summed E-state index contributed by atoms with van der Waals surface area (Å²) in [6.45, 7) is 5.32. The van der Waals surface area contributed by atoms with Gasteiger partial charge in [0.05, 0.1) is 0 Å². The van der Waals surface area contributed by atoms with Crippen LogP contribution in [0.4, 0.5) is 5.69 Å². The molecule has 0 spiro atoms. The standard InChI is InChI=1S/C13H18N2S/c1-3-8-14-13(16)15-10(2)9-11-6-4-5-7-12(11)15/h4-7,10H,3,8-9H2,1-2H3,(H,14,16)/t10-/m0/s1.